The molecule has 138 valence electrons. The van der Waals surface area contributed by atoms with E-state index in [0.29, 0.717) is 5.88 Å². The molecule has 0 aliphatic heterocycles. The summed E-state index contributed by atoms with van der Waals surface area (Å²) in [7, 11) is 1.65. The Kier molecular flexibility index (Phi) is 6.46. The number of hydrogen-bond acceptors (Lipinski definition) is 5. The van der Waals surface area contributed by atoms with Crippen molar-refractivity contribution in [2.75, 3.05) is 26.7 Å². The maximum absolute atomic E-state index is 5.32. The molecule has 0 spiro atoms. The van der Waals surface area contributed by atoms with Gasteiger partial charge in [-0.25, -0.2) is 4.57 Å². The van der Waals surface area contributed by atoms with E-state index in [1.807, 2.05) is 30.5 Å². The summed E-state index contributed by atoms with van der Waals surface area (Å²) in [6.07, 6.45) is 1.84. The lowest BCUT2D eigenvalue weighted by Gasteiger charge is -2.17. The van der Waals surface area contributed by atoms with Crippen molar-refractivity contribution >= 4 is 22.9 Å². The molecule has 0 aliphatic carbocycles. The number of aromatic amines is 1. The molecule has 3 aromatic rings. The molecule has 0 saturated heterocycles. The van der Waals surface area contributed by atoms with Crippen LogP contribution in [0.3, 0.4) is 0 Å². The van der Waals surface area contributed by atoms with Crippen LogP contribution < -0.4 is 9.30 Å². The van der Waals surface area contributed by atoms with Crippen LogP contribution in [0.15, 0.2) is 41.7 Å². The second kappa shape index (κ2) is 9.00. The van der Waals surface area contributed by atoms with Gasteiger partial charge >= 0.3 is 5.65 Å². The topological polar surface area (TPSA) is 57.9 Å². The molecule has 3 heterocycles. The van der Waals surface area contributed by atoms with Crippen molar-refractivity contribution in [2.24, 2.45) is 0 Å². The minimum atomic E-state index is 0.634. The first-order chi connectivity index (χ1) is 12.7. The highest BCUT2D eigenvalue weighted by Crippen LogP contribution is 2.21. The summed E-state index contributed by atoms with van der Waals surface area (Å²) in [5.74, 6) is 1.45. The summed E-state index contributed by atoms with van der Waals surface area (Å²) >= 11 is 1.75. The van der Waals surface area contributed by atoms with Crippen LogP contribution >= 0.6 is 11.8 Å². The number of aromatic nitrogens is 4. The lowest BCUT2D eigenvalue weighted by Crippen LogP contribution is -2.42. The lowest BCUT2D eigenvalue weighted by molar-refractivity contribution is -0.709. The van der Waals surface area contributed by atoms with Crippen LogP contribution in [0.4, 0.5) is 0 Å². The van der Waals surface area contributed by atoms with Gasteiger partial charge in [0.2, 0.25) is 0 Å². The summed E-state index contributed by atoms with van der Waals surface area (Å²) in [4.78, 5) is 15.0. The third-order valence-corrected chi connectivity index (χ3v) is 5.45. The summed E-state index contributed by atoms with van der Waals surface area (Å²) in [6.45, 7) is 8.36. The molecule has 26 heavy (non-hydrogen) atoms. The number of nitrogens with zero attached hydrogens (tertiary/aromatic N) is 4. The number of fused-ring (bicyclic) bond motifs is 1. The molecular formula is C19H26N5OS+. The van der Waals surface area contributed by atoms with E-state index in [1.165, 1.54) is 0 Å². The molecule has 0 bridgehead atoms. The van der Waals surface area contributed by atoms with Gasteiger partial charge in [0.25, 0.3) is 11.0 Å². The Hall–Kier alpha value is -2.12. The minimum absolute atomic E-state index is 0.634. The Morgan fingerprint density at radius 3 is 2.73 bits per heavy atom. The zero-order valence-corrected chi connectivity index (χ0v) is 16.4. The minimum Gasteiger partial charge on any atom is -0.469 e. The monoisotopic (exact) mass is 372 g/mol. The van der Waals surface area contributed by atoms with Crippen molar-refractivity contribution in [3.63, 3.8) is 0 Å². The molecule has 7 heteroatoms. The highest BCUT2D eigenvalue weighted by atomic mass is 32.2. The number of methoxy groups -OCH3 is 1. The van der Waals surface area contributed by atoms with Crippen LogP contribution in [0.2, 0.25) is 0 Å². The Bertz CT molecular complexity index is 833. The predicted molar refractivity (Wildman–Crippen MR) is 104 cm³/mol. The van der Waals surface area contributed by atoms with Crippen LogP contribution in [0.1, 0.15) is 19.5 Å². The fourth-order valence-corrected chi connectivity index (χ4v) is 3.83. The largest absolute Gasteiger partial charge is 0.469 e. The molecule has 0 aromatic carbocycles. The molecule has 0 saturated carbocycles. The smallest absolute Gasteiger partial charge is 0.306 e. The van der Waals surface area contributed by atoms with Crippen molar-refractivity contribution in [1.82, 2.24) is 19.9 Å². The average molecular weight is 373 g/mol. The van der Waals surface area contributed by atoms with Gasteiger partial charge in [0.1, 0.15) is 0 Å². The highest BCUT2D eigenvalue weighted by molar-refractivity contribution is 7.98. The van der Waals surface area contributed by atoms with Gasteiger partial charge < -0.3 is 9.64 Å². The molecular weight excluding hydrogens is 346 g/mol. The van der Waals surface area contributed by atoms with Gasteiger partial charge in [-0.1, -0.05) is 24.9 Å². The summed E-state index contributed by atoms with van der Waals surface area (Å²) in [5, 5.41) is 1.10. The van der Waals surface area contributed by atoms with Crippen LogP contribution in [-0.2, 0) is 12.3 Å². The Balaban J connectivity index is 1.88. The SMILES string of the molecule is CCN(CC)CC[n+]1c(SCc2ccccn2)[nH]c2ccc(OC)nc21. The zero-order chi connectivity index (χ0) is 18.4. The number of thioether (sulfide) groups is 1. The molecule has 3 rings (SSSR count). The average Bonchev–Trinajstić information content (AvgIpc) is 3.04. The molecule has 3 aromatic heterocycles. The van der Waals surface area contributed by atoms with Gasteiger partial charge in [-0.05, 0) is 43.1 Å². The number of hydrogen-bond donors (Lipinski definition) is 1. The maximum Gasteiger partial charge on any atom is 0.306 e. The molecule has 0 amide bonds. The maximum atomic E-state index is 5.32. The summed E-state index contributed by atoms with van der Waals surface area (Å²) in [6, 6.07) is 9.93. The summed E-state index contributed by atoms with van der Waals surface area (Å²) < 4.78 is 7.57. The Labute approximate surface area is 158 Å². The first kappa shape index (κ1) is 18.7. The second-order valence-corrected chi connectivity index (χ2v) is 6.91. The number of nitrogens with one attached hydrogen (secondary N) is 1. The van der Waals surface area contributed by atoms with Gasteiger partial charge in [-0.2, -0.15) is 0 Å². The van der Waals surface area contributed by atoms with E-state index in [0.717, 1.165) is 53.9 Å². The van der Waals surface area contributed by atoms with Crippen LogP contribution in [0, 0.1) is 0 Å². The third-order valence-electron chi connectivity index (χ3n) is 4.42. The molecule has 0 atom stereocenters. The molecule has 0 fully saturated rings. The van der Waals surface area contributed by atoms with Crippen molar-refractivity contribution in [3.8, 4) is 5.88 Å². The fraction of sp³-hybridized carbons (Fsp3) is 0.421. The van der Waals surface area contributed by atoms with E-state index < -0.39 is 0 Å². The van der Waals surface area contributed by atoms with E-state index in [4.69, 9.17) is 4.74 Å². The van der Waals surface area contributed by atoms with Crippen molar-refractivity contribution in [2.45, 2.75) is 31.3 Å². The first-order valence-electron chi connectivity index (χ1n) is 8.96. The van der Waals surface area contributed by atoms with Gasteiger partial charge in [0.15, 0.2) is 5.52 Å². The number of imidazole rings is 1. The van der Waals surface area contributed by atoms with E-state index in [-0.39, 0.29) is 0 Å². The number of H-pyrrole nitrogens is 1. The normalized spacial score (nSPS) is 11.4. The number of rotatable bonds is 9. The van der Waals surface area contributed by atoms with E-state index in [1.54, 1.807) is 18.9 Å². The molecule has 0 unspecified atom stereocenters. The van der Waals surface area contributed by atoms with E-state index in [2.05, 4.69) is 44.3 Å². The van der Waals surface area contributed by atoms with Crippen LogP contribution in [0.5, 0.6) is 5.88 Å². The van der Waals surface area contributed by atoms with Gasteiger partial charge in [-0.3, -0.25) is 9.97 Å². The van der Waals surface area contributed by atoms with E-state index >= 15 is 0 Å². The highest BCUT2D eigenvalue weighted by Gasteiger charge is 2.21. The Morgan fingerprint density at radius 1 is 1.19 bits per heavy atom. The number of likely N-dealkylation sites (N-methyl/N-ethyl adjacent to an activating group) is 1. The standard InChI is InChI=1S/C19H25N5OS/c1-4-23(5-2)12-13-24-18-16(9-10-17(22-18)25-3)21-19(24)26-14-15-8-6-7-11-20-15/h6-11H,4-5,12-14H2,1-3H3/p+1. The number of pyridine rings is 2. The zero-order valence-electron chi connectivity index (χ0n) is 15.6. The van der Waals surface area contributed by atoms with Crippen molar-refractivity contribution < 1.29 is 9.30 Å². The molecule has 6 nitrogen and oxygen atoms in total. The van der Waals surface area contributed by atoms with E-state index in [9.17, 15) is 0 Å². The third kappa shape index (κ3) is 4.34. The molecule has 1 N–H and O–H groups in total. The van der Waals surface area contributed by atoms with Crippen molar-refractivity contribution in [1.29, 1.82) is 0 Å². The van der Waals surface area contributed by atoms with Crippen molar-refractivity contribution in [3.05, 3.63) is 42.2 Å². The molecule has 0 radical (unpaired) electrons. The van der Waals surface area contributed by atoms with Crippen LogP contribution in [0.25, 0.3) is 11.2 Å². The van der Waals surface area contributed by atoms with Gasteiger partial charge in [0, 0.05) is 24.6 Å². The molecule has 0 aliphatic rings. The summed E-state index contributed by atoms with van der Waals surface area (Å²) in [5.41, 5.74) is 3.02. The Morgan fingerprint density at radius 2 is 2.04 bits per heavy atom. The fourth-order valence-electron chi connectivity index (χ4n) is 2.86. The first-order valence-corrected chi connectivity index (χ1v) is 9.95. The van der Waals surface area contributed by atoms with Gasteiger partial charge in [-0.15, -0.1) is 0 Å². The number of ether oxygens (including phenoxy) is 1. The van der Waals surface area contributed by atoms with Crippen LogP contribution in [-0.4, -0.2) is 46.6 Å². The van der Waals surface area contributed by atoms with Gasteiger partial charge in [0.05, 0.1) is 19.3 Å². The quantitative estimate of drug-likeness (QED) is 0.462. The second-order valence-electron chi connectivity index (χ2n) is 5.94. The lowest BCUT2D eigenvalue weighted by atomic mass is 10.4. The predicted octanol–water partition coefficient (Wildman–Crippen LogP) is 2.89.